The molecule has 6 heteroatoms. The summed E-state index contributed by atoms with van der Waals surface area (Å²) in [6, 6.07) is 13.7. The smallest absolute Gasteiger partial charge is 0.266 e. The number of amides is 3. The quantitative estimate of drug-likeness (QED) is 0.707. The number of imide groups is 1. The summed E-state index contributed by atoms with van der Waals surface area (Å²) in [7, 11) is 0. The molecule has 1 aromatic heterocycles. The van der Waals surface area contributed by atoms with Crippen LogP contribution in [0.25, 0.3) is 0 Å². The maximum absolute atomic E-state index is 12.9. The minimum Gasteiger partial charge on any atom is -0.467 e. The number of benzene rings is 2. The van der Waals surface area contributed by atoms with Gasteiger partial charge in [-0.05, 0) is 61.4 Å². The van der Waals surface area contributed by atoms with E-state index in [1.165, 1.54) is 23.3 Å². The van der Waals surface area contributed by atoms with Gasteiger partial charge in [0.2, 0.25) is 0 Å². The maximum atomic E-state index is 12.9. The van der Waals surface area contributed by atoms with Crippen LogP contribution in [0.5, 0.6) is 0 Å². The Morgan fingerprint density at radius 2 is 1.79 bits per heavy atom. The lowest BCUT2D eigenvalue weighted by Gasteiger charge is -2.17. The van der Waals surface area contributed by atoms with Gasteiger partial charge in [0, 0.05) is 5.56 Å². The first-order valence-corrected chi connectivity index (χ1v) is 8.86. The van der Waals surface area contributed by atoms with Crippen LogP contribution in [0.3, 0.4) is 0 Å². The molecule has 3 amide bonds. The van der Waals surface area contributed by atoms with Gasteiger partial charge in [-0.15, -0.1) is 0 Å². The van der Waals surface area contributed by atoms with E-state index >= 15 is 0 Å². The van der Waals surface area contributed by atoms with Gasteiger partial charge in [0.25, 0.3) is 17.7 Å². The number of nitrogens with one attached hydrogen (secondary N) is 1. The predicted octanol–water partition coefficient (Wildman–Crippen LogP) is 3.63. The molecule has 1 aliphatic heterocycles. The van der Waals surface area contributed by atoms with E-state index in [2.05, 4.69) is 5.32 Å². The number of hydrogen-bond acceptors (Lipinski definition) is 4. The van der Waals surface area contributed by atoms with Crippen LogP contribution < -0.4 is 10.2 Å². The monoisotopic (exact) mass is 374 g/mol. The summed E-state index contributed by atoms with van der Waals surface area (Å²) < 4.78 is 5.19. The number of carbonyl (C=O) groups excluding carboxylic acids is 3. The Morgan fingerprint density at radius 3 is 2.54 bits per heavy atom. The molecule has 6 nitrogen and oxygen atoms in total. The van der Waals surface area contributed by atoms with Crippen molar-refractivity contribution >= 4 is 23.4 Å². The van der Waals surface area contributed by atoms with Crippen LogP contribution in [0.2, 0.25) is 0 Å². The van der Waals surface area contributed by atoms with Crippen molar-refractivity contribution in [1.29, 1.82) is 0 Å². The van der Waals surface area contributed by atoms with Gasteiger partial charge < -0.3 is 9.73 Å². The minimum atomic E-state index is -0.422. The molecule has 0 bridgehead atoms. The van der Waals surface area contributed by atoms with E-state index in [9.17, 15) is 14.4 Å². The van der Waals surface area contributed by atoms with Gasteiger partial charge in [-0.3, -0.25) is 14.4 Å². The Labute approximate surface area is 161 Å². The molecule has 1 aliphatic rings. The average molecular weight is 374 g/mol. The fraction of sp³-hybridized carbons (Fsp3) is 0.136. The fourth-order valence-electron chi connectivity index (χ4n) is 3.24. The number of furan rings is 1. The van der Waals surface area contributed by atoms with Gasteiger partial charge in [-0.2, -0.15) is 0 Å². The highest BCUT2D eigenvalue weighted by atomic mass is 16.3. The SMILES string of the molecule is Cc1ccc(C)c(N2C(=O)c3ccc(C(=O)NCc4ccco4)cc3C2=O)c1. The second-order valence-corrected chi connectivity index (χ2v) is 6.76. The normalized spacial score (nSPS) is 13.0. The van der Waals surface area contributed by atoms with E-state index in [1.54, 1.807) is 18.2 Å². The Kier molecular flexibility index (Phi) is 4.31. The number of carbonyl (C=O) groups is 3. The maximum Gasteiger partial charge on any atom is 0.266 e. The molecule has 0 aliphatic carbocycles. The third-order valence-electron chi connectivity index (χ3n) is 4.76. The molecule has 0 saturated heterocycles. The van der Waals surface area contributed by atoms with Crippen LogP contribution in [0.4, 0.5) is 5.69 Å². The number of aryl methyl sites for hydroxylation is 2. The fourth-order valence-corrected chi connectivity index (χ4v) is 3.24. The Morgan fingerprint density at radius 1 is 1.00 bits per heavy atom. The highest BCUT2D eigenvalue weighted by Gasteiger charge is 2.37. The van der Waals surface area contributed by atoms with E-state index in [0.29, 0.717) is 22.6 Å². The molecule has 3 aromatic rings. The molecule has 0 fully saturated rings. The summed E-state index contributed by atoms with van der Waals surface area (Å²) in [6.45, 7) is 4.00. The van der Waals surface area contributed by atoms with Crippen LogP contribution >= 0.6 is 0 Å². The summed E-state index contributed by atoms with van der Waals surface area (Å²) in [6.07, 6.45) is 1.53. The average Bonchev–Trinajstić information content (AvgIpc) is 3.29. The second kappa shape index (κ2) is 6.81. The lowest BCUT2D eigenvalue weighted by Crippen LogP contribution is -2.30. The van der Waals surface area contributed by atoms with E-state index in [-0.39, 0.29) is 23.9 Å². The summed E-state index contributed by atoms with van der Waals surface area (Å²) in [5, 5.41) is 2.74. The van der Waals surface area contributed by atoms with Crippen molar-refractivity contribution in [3.8, 4) is 0 Å². The van der Waals surface area contributed by atoms with Crippen LogP contribution in [0, 0.1) is 13.8 Å². The molecular formula is C22H18N2O4. The molecular weight excluding hydrogens is 356 g/mol. The van der Waals surface area contributed by atoms with Crippen molar-refractivity contribution in [1.82, 2.24) is 5.32 Å². The number of fused-ring (bicyclic) bond motifs is 1. The van der Waals surface area contributed by atoms with Crippen molar-refractivity contribution in [2.45, 2.75) is 20.4 Å². The molecule has 1 N–H and O–H groups in total. The van der Waals surface area contributed by atoms with Gasteiger partial charge in [-0.1, -0.05) is 12.1 Å². The highest BCUT2D eigenvalue weighted by molar-refractivity contribution is 6.35. The number of rotatable bonds is 4. The van der Waals surface area contributed by atoms with Crippen molar-refractivity contribution in [3.05, 3.63) is 88.4 Å². The molecule has 28 heavy (non-hydrogen) atoms. The van der Waals surface area contributed by atoms with E-state index < -0.39 is 5.91 Å². The number of anilines is 1. The van der Waals surface area contributed by atoms with Gasteiger partial charge in [-0.25, -0.2) is 4.90 Å². The van der Waals surface area contributed by atoms with Gasteiger partial charge >= 0.3 is 0 Å². The molecule has 0 saturated carbocycles. The summed E-state index contributed by atoms with van der Waals surface area (Å²) in [5.74, 6) is -0.517. The Hall–Kier alpha value is -3.67. The number of nitrogens with zero attached hydrogens (tertiary/aromatic N) is 1. The predicted molar refractivity (Wildman–Crippen MR) is 103 cm³/mol. The molecule has 0 radical (unpaired) electrons. The van der Waals surface area contributed by atoms with Crippen LogP contribution in [0.15, 0.2) is 59.2 Å². The zero-order chi connectivity index (χ0) is 19.8. The van der Waals surface area contributed by atoms with Gasteiger partial charge in [0.15, 0.2) is 0 Å². The van der Waals surface area contributed by atoms with Crippen LogP contribution in [0.1, 0.15) is 48.0 Å². The third kappa shape index (κ3) is 2.99. The first-order valence-electron chi connectivity index (χ1n) is 8.86. The Bertz CT molecular complexity index is 1100. The second-order valence-electron chi connectivity index (χ2n) is 6.76. The highest BCUT2D eigenvalue weighted by Crippen LogP contribution is 2.31. The summed E-state index contributed by atoms with van der Waals surface area (Å²) in [5.41, 5.74) is 3.20. The number of hydrogen-bond donors (Lipinski definition) is 1. The Balaban J connectivity index is 1.62. The van der Waals surface area contributed by atoms with Crippen molar-refractivity contribution in [2.75, 3.05) is 4.90 Å². The molecule has 0 unspecified atom stereocenters. The standard InChI is InChI=1S/C22H18N2O4/c1-13-5-6-14(2)19(10-13)24-21(26)17-8-7-15(11-18(17)22(24)27)20(25)23-12-16-4-3-9-28-16/h3-11H,12H2,1-2H3,(H,23,25). The van der Waals surface area contributed by atoms with Gasteiger partial charge in [0.05, 0.1) is 29.6 Å². The molecule has 4 rings (SSSR count). The topological polar surface area (TPSA) is 79.6 Å². The summed E-state index contributed by atoms with van der Waals surface area (Å²) >= 11 is 0. The zero-order valence-corrected chi connectivity index (χ0v) is 15.5. The minimum absolute atomic E-state index is 0.233. The molecule has 0 atom stereocenters. The van der Waals surface area contributed by atoms with Crippen molar-refractivity contribution in [2.24, 2.45) is 0 Å². The molecule has 2 aromatic carbocycles. The van der Waals surface area contributed by atoms with Crippen LogP contribution in [-0.2, 0) is 6.54 Å². The van der Waals surface area contributed by atoms with Crippen molar-refractivity contribution in [3.63, 3.8) is 0 Å². The van der Waals surface area contributed by atoms with Crippen LogP contribution in [-0.4, -0.2) is 17.7 Å². The van der Waals surface area contributed by atoms with E-state index in [1.807, 2.05) is 32.0 Å². The third-order valence-corrected chi connectivity index (χ3v) is 4.76. The molecule has 140 valence electrons. The van der Waals surface area contributed by atoms with E-state index in [4.69, 9.17) is 4.42 Å². The lowest BCUT2D eigenvalue weighted by atomic mass is 10.1. The first-order chi connectivity index (χ1) is 13.5. The van der Waals surface area contributed by atoms with Crippen molar-refractivity contribution < 1.29 is 18.8 Å². The lowest BCUT2D eigenvalue weighted by molar-refractivity contribution is 0.0923. The summed E-state index contributed by atoms with van der Waals surface area (Å²) in [4.78, 5) is 39.4. The van der Waals surface area contributed by atoms with Gasteiger partial charge in [0.1, 0.15) is 5.76 Å². The largest absolute Gasteiger partial charge is 0.467 e. The molecule has 2 heterocycles. The van der Waals surface area contributed by atoms with E-state index in [0.717, 1.165) is 11.1 Å². The first kappa shape index (κ1) is 17.7. The zero-order valence-electron chi connectivity index (χ0n) is 15.5. The molecule has 0 spiro atoms.